The van der Waals surface area contributed by atoms with Crippen LogP contribution in [0, 0.1) is 19.3 Å². The van der Waals surface area contributed by atoms with E-state index in [1.54, 1.807) is 42.3 Å². The number of aryl methyl sites for hydroxylation is 2. The molecule has 1 aliphatic carbocycles. The van der Waals surface area contributed by atoms with Gasteiger partial charge in [0, 0.05) is 113 Å². The summed E-state index contributed by atoms with van der Waals surface area (Å²) in [5.41, 5.74) is 10.1. The summed E-state index contributed by atoms with van der Waals surface area (Å²) in [6.45, 7) is 9.73. The first-order valence-corrected chi connectivity index (χ1v) is 24.1. The van der Waals surface area contributed by atoms with Crippen LogP contribution in [0.5, 0.6) is 11.5 Å². The van der Waals surface area contributed by atoms with Crippen LogP contribution < -0.4 is 25.4 Å². The van der Waals surface area contributed by atoms with E-state index in [4.69, 9.17) is 26.2 Å². The number of fused-ring (bicyclic) bond motifs is 2. The van der Waals surface area contributed by atoms with Gasteiger partial charge in [-0.05, 0) is 75.0 Å². The molecule has 370 valence electrons. The summed E-state index contributed by atoms with van der Waals surface area (Å²) in [5.74, 6) is -0.0540. The molecule has 3 aromatic heterocycles. The maximum Gasteiger partial charge on any atom is 0.319 e. The number of piperidine rings is 1. The summed E-state index contributed by atoms with van der Waals surface area (Å²) in [4.78, 5) is 66.4. The van der Waals surface area contributed by atoms with E-state index in [1.807, 2.05) is 48.1 Å². The van der Waals surface area contributed by atoms with Crippen LogP contribution in [0.2, 0.25) is 5.02 Å². The fraction of sp³-hybridized carbons (Fsp3) is 0.321. The number of carbonyl (C=O) groups excluding carboxylic acids is 5. The van der Waals surface area contributed by atoms with Gasteiger partial charge < -0.3 is 25.0 Å². The lowest BCUT2D eigenvalue weighted by Gasteiger charge is -2.59. The van der Waals surface area contributed by atoms with Gasteiger partial charge in [0.15, 0.2) is 0 Å². The largest absolute Gasteiger partial charge is 0.497 e. The van der Waals surface area contributed by atoms with Crippen molar-refractivity contribution in [1.82, 2.24) is 50.2 Å². The van der Waals surface area contributed by atoms with Crippen LogP contribution in [0.15, 0.2) is 85.2 Å². The predicted molar refractivity (Wildman–Crippen MR) is 272 cm³/mol. The van der Waals surface area contributed by atoms with Gasteiger partial charge in [-0.2, -0.15) is 15.3 Å². The Balaban J connectivity index is 0.751. The van der Waals surface area contributed by atoms with Gasteiger partial charge in [0.2, 0.25) is 11.8 Å². The van der Waals surface area contributed by atoms with Gasteiger partial charge in [0.25, 0.3) is 5.91 Å². The molecule has 2 saturated heterocycles. The van der Waals surface area contributed by atoms with Gasteiger partial charge in [-0.25, -0.2) is 4.79 Å². The number of H-pyrrole nitrogens is 1. The molecule has 1 atom stereocenters. The molecule has 72 heavy (non-hydrogen) atoms. The van der Waals surface area contributed by atoms with E-state index in [-0.39, 0.29) is 55.3 Å². The highest BCUT2D eigenvalue weighted by molar-refractivity contribution is 6.36. The van der Waals surface area contributed by atoms with Gasteiger partial charge >= 0.3 is 6.03 Å². The molecular weight excluding hydrogens is 938 g/mol. The zero-order valence-corrected chi connectivity index (χ0v) is 41.4. The minimum atomic E-state index is -0.508. The Morgan fingerprint density at radius 1 is 1.03 bits per heavy atom. The summed E-state index contributed by atoms with van der Waals surface area (Å²) >= 11 is 7.15. The number of methoxy groups -OCH3 is 1. The third kappa shape index (κ3) is 9.07. The van der Waals surface area contributed by atoms with Crippen molar-refractivity contribution in [3.8, 4) is 33.9 Å². The number of hydrogen-bond donors (Lipinski definition) is 4. The molecule has 4 aromatic carbocycles. The van der Waals surface area contributed by atoms with Crippen molar-refractivity contribution in [3.63, 3.8) is 0 Å². The van der Waals surface area contributed by atoms with E-state index in [1.165, 1.54) is 7.11 Å². The van der Waals surface area contributed by atoms with Gasteiger partial charge in [-0.15, -0.1) is 0 Å². The van der Waals surface area contributed by atoms with E-state index in [0.717, 1.165) is 80.1 Å². The summed E-state index contributed by atoms with van der Waals surface area (Å²) in [7, 11) is 5.19. The first-order valence-electron chi connectivity index (χ1n) is 23.7. The molecule has 1 unspecified atom stereocenters. The maximum absolute atomic E-state index is 13.7. The molecule has 1 spiro atoms. The molecule has 1 saturated carbocycles. The molecule has 3 aliphatic rings. The number of aromatic nitrogens is 6. The number of amides is 5. The van der Waals surface area contributed by atoms with Crippen molar-refractivity contribution in [2.75, 3.05) is 39.2 Å². The lowest BCUT2D eigenvalue weighted by Crippen LogP contribution is -2.64. The van der Waals surface area contributed by atoms with E-state index in [0.29, 0.717) is 58.4 Å². The number of carbonyl (C=O) groups is 5. The molecule has 0 bridgehead atoms. The molecule has 4 N–H and O–H groups in total. The number of aldehydes is 1. The van der Waals surface area contributed by atoms with Crippen molar-refractivity contribution in [2.45, 2.75) is 64.7 Å². The number of benzene rings is 4. The second-order valence-corrected chi connectivity index (χ2v) is 19.7. The molecule has 10 rings (SSSR count). The number of nitrogens with one attached hydrogen (secondary N) is 4. The minimum absolute atomic E-state index is 0.0305. The van der Waals surface area contributed by atoms with Gasteiger partial charge in [-0.3, -0.25) is 43.9 Å². The summed E-state index contributed by atoms with van der Waals surface area (Å²) in [6.07, 6.45) is 6.77. The van der Waals surface area contributed by atoms with Crippen LogP contribution in [0.3, 0.4) is 0 Å². The first-order chi connectivity index (χ1) is 34.6. The smallest absolute Gasteiger partial charge is 0.319 e. The Hall–Kier alpha value is -7.83. The number of nitrogens with zero attached hydrogens (tertiary/aromatic N) is 7. The van der Waals surface area contributed by atoms with Crippen LogP contribution in [0.4, 0.5) is 10.5 Å². The van der Waals surface area contributed by atoms with Crippen LogP contribution in [0.1, 0.15) is 64.5 Å². The molecule has 19 heteroatoms. The van der Waals surface area contributed by atoms with Crippen molar-refractivity contribution >= 4 is 69.1 Å². The highest BCUT2D eigenvalue weighted by Gasteiger charge is 2.55. The molecule has 2 aliphatic heterocycles. The Morgan fingerprint density at radius 3 is 2.58 bits per heavy atom. The number of urea groups is 1. The number of halogens is 1. The zero-order chi connectivity index (χ0) is 50.6. The number of likely N-dealkylation sites (tertiary alicyclic amines) is 1. The van der Waals surface area contributed by atoms with Gasteiger partial charge in [-0.1, -0.05) is 42.4 Å². The normalized spacial score (nSPS) is 16.4. The Morgan fingerprint density at radius 2 is 1.82 bits per heavy atom. The molecule has 5 amide bonds. The van der Waals surface area contributed by atoms with Gasteiger partial charge in [0.1, 0.15) is 30.1 Å². The topological polar surface area (TPSA) is 211 Å². The summed E-state index contributed by atoms with van der Waals surface area (Å²) in [6, 6.07) is 17.6. The second kappa shape index (κ2) is 19.1. The molecule has 7 aromatic rings. The molecule has 0 radical (unpaired) electrons. The third-order valence-corrected chi connectivity index (χ3v) is 14.8. The van der Waals surface area contributed by atoms with Crippen molar-refractivity contribution in [2.24, 2.45) is 12.5 Å². The third-order valence-electron chi connectivity index (χ3n) is 14.3. The standard InChI is InChI=1S/C53H54ClN11O7/c1-29-13-42-41(23-56-60-42)47(48(29)54)46-31(3)65(61-49(46)33-9-10-43-35(15-33)22-57-63(43)5)38-19-53(20-38)27-64(28-53)51(69)30(2)26-72-40-17-37(16-39(18-40)71-6)58-52(70)55-21-32-7-8-34(25-66)36(14-32)24-62(4)44-11-12-45(67)59-50(44)68/h7-10,13-18,22-23,25,38,44H,2,11-12,19-21,24,26-28H2,1,3-6H3,(H,56,60)(H2,55,58,70)(H,59,67,68). The average molecular weight is 993 g/mol. The quantitative estimate of drug-likeness (QED) is 0.0451. The molecular formula is C53H54ClN11O7. The molecule has 3 fully saturated rings. The number of aromatic amines is 1. The fourth-order valence-electron chi connectivity index (χ4n) is 10.6. The summed E-state index contributed by atoms with van der Waals surface area (Å²) in [5, 5.41) is 27.9. The fourth-order valence-corrected chi connectivity index (χ4v) is 10.8. The van der Waals surface area contributed by atoms with Crippen LogP contribution in [0.25, 0.3) is 44.2 Å². The van der Waals surface area contributed by atoms with Crippen molar-refractivity contribution < 1.29 is 33.4 Å². The second-order valence-electron chi connectivity index (χ2n) is 19.4. The van der Waals surface area contributed by atoms with E-state index in [9.17, 15) is 24.0 Å². The lowest BCUT2D eigenvalue weighted by molar-refractivity contribution is -0.150. The Bertz CT molecular complexity index is 3360. The number of hydrogen-bond acceptors (Lipinski definition) is 11. The van der Waals surface area contributed by atoms with Crippen molar-refractivity contribution in [3.05, 3.63) is 118 Å². The SMILES string of the molecule is C=C(COc1cc(NC(=O)NCc2ccc(C=O)c(CN(C)C3CCC(=O)NC3=O)c2)cc(OC)c1)C(=O)N1CC2(CC(n3nc(-c4ccc5c(cnn5C)c4)c(-c4c(Cl)c(C)cc5[nH]ncc45)c3C)C2)C1. The van der Waals surface area contributed by atoms with Crippen LogP contribution in [-0.2, 0) is 34.5 Å². The number of likely N-dealkylation sites (N-methyl/N-ethyl adjacent to an activating group) is 1. The number of ether oxygens (including phenoxy) is 2. The zero-order valence-electron chi connectivity index (χ0n) is 40.6. The highest BCUT2D eigenvalue weighted by Crippen LogP contribution is 2.56. The molecule has 18 nitrogen and oxygen atoms in total. The van der Waals surface area contributed by atoms with E-state index in [2.05, 4.69) is 67.6 Å². The Labute approximate surface area is 419 Å². The predicted octanol–water partition coefficient (Wildman–Crippen LogP) is 7.43. The number of imide groups is 1. The monoisotopic (exact) mass is 991 g/mol. The van der Waals surface area contributed by atoms with Crippen LogP contribution >= 0.6 is 11.6 Å². The number of rotatable bonds is 15. The Kier molecular flexibility index (Phi) is 12.7. The maximum atomic E-state index is 13.7. The highest BCUT2D eigenvalue weighted by atomic mass is 35.5. The summed E-state index contributed by atoms with van der Waals surface area (Å²) < 4.78 is 15.5. The average Bonchev–Trinajstić information content (AvgIpc) is 4.05. The minimum Gasteiger partial charge on any atom is -0.497 e. The first kappa shape index (κ1) is 47.8. The van der Waals surface area contributed by atoms with Crippen LogP contribution in [-0.4, -0.2) is 109 Å². The lowest BCUT2D eigenvalue weighted by atomic mass is 9.60. The van der Waals surface area contributed by atoms with Gasteiger partial charge in [0.05, 0.1) is 47.6 Å². The van der Waals surface area contributed by atoms with E-state index >= 15 is 0 Å². The molecule has 5 heterocycles. The van der Waals surface area contributed by atoms with Crippen molar-refractivity contribution in [1.29, 1.82) is 0 Å². The number of anilines is 1. The van der Waals surface area contributed by atoms with E-state index < -0.39 is 12.1 Å².